The lowest BCUT2D eigenvalue weighted by Gasteiger charge is -2.26. The first-order valence-corrected chi connectivity index (χ1v) is 7.71. The fourth-order valence-corrected chi connectivity index (χ4v) is 3.12. The van der Waals surface area contributed by atoms with E-state index in [1.807, 2.05) is 30.1 Å². The van der Waals surface area contributed by atoms with Crippen LogP contribution in [0.1, 0.15) is 18.0 Å². The fourth-order valence-electron chi connectivity index (χ4n) is 1.79. The van der Waals surface area contributed by atoms with Crippen molar-refractivity contribution in [2.75, 3.05) is 27.3 Å². The highest BCUT2D eigenvalue weighted by molar-refractivity contribution is 7.80. The normalized spacial score (nSPS) is 12.3. The molecule has 0 bridgehead atoms. The van der Waals surface area contributed by atoms with Crippen LogP contribution >= 0.6 is 23.6 Å². The van der Waals surface area contributed by atoms with Crippen LogP contribution in [0.3, 0.4) is 0 Å². The second-order valence-electron chi connectivity index (χ2n) is 4.53. The SMILES string of the molecule is COCCNC(=S)N(C)[C@@H](C)c1nc2ccccc2s1. The summed E-state index contributed by atoms with van der Waals surface area (Å²) >= 11 is 7.10. The van der Waals surface area contributed by atoms with Gasteiger partial charge in [0.15, 0.2) is 5.11 Å². The van der Waals surface area contributed by atoms with E-state index in [1.165, 1.54) is 4.70 Å². The highest BCUT2D eigenvalue weighted by Crippen LogP contribution is 2.28. The number of para-hydroxylation sites is 1. The van der Waals surface area contributed by atoms with Gasteiger partial charge in [-0.15, -0.1) is 11.3 Å². The molecule has 0 saturated heterocycles. The van der Waals surface area contributed by atoms with Crippen LogP contribution in [0.4, 0.5) is 0 Å². The molecule has 0 saturated carbocycles. The van der Waals surface area contributed by atoms with Crippen molar-refractivity contribution in [2.24, 2.45) is 0 Å². The molecule has 0 amide bonds. The molecular formula is C14H19N3OS2. The molecule has 0 radical (unpaired) electrons. The topological polar surface area (TPSA) is 37.4 Å². The van der Waals surface area contributed by atoms with Crippen molar-refractivity contribution in [3.8, 4) is 0 Å². The third-order valence-corrected chi connectivity index (χ3v) is 4.79. The van der Waals surface area contributed by atoms with Gasteiger partial charge in [0.05, 0.1) is 22.9 Å². The van der Waals surface area contributed by atoms with Gasteiger partial charge in [-0.1, -0.05) is 12.1 Å². The Morgan fingerprint density at radius 2 is 2.25 bits per heavy atom. The van der Waals surface area contributed by atoms with E-state index in [0.29, 0.717) is 18.3 Å². The number of fused-ring (bicyclic) bond motifs is 1. The minimum Gasteiger partial charge on any atom is -0.383 e. The number of benzene rings is 1. The quantitative estimate of drug-likeness (QED) is 0.679. The van der Waals surface area contributed by atoms with Gasteiger partial charge in [0.25, 0.3) is 0 Å². The number of hydrogen-bond acceptors (Lipinski definition) is 4. The van der Waals surface area contributed by atoms with Crippen molar-refractivity contribution in [1.29, 1.82) is 0 Å². The molecule has 0 aliphatic carbocycles. The van der Waals surface area contributed by atoms with Gasteiger partial charge in [-0.05, 0) is 31.3 Å². The summed E-state index contributed by atoms with van der Waals surface area (Å²) in [5.74, 6) is 0. The monoisotopic (exact) mass is 309 g/mol. The smallest absolute Gasteiger partial charge is 0.169 e. The second kappa shape index (κ2) is 6.97. The number of nitrogens with zero attached hydrogens (tertiary/aromatic N) is 2. The molecule has 2 rings (SSSR count). The average molecular weight is 309 g/mol. The molecule has 0 fully saturated rings. The molecule has 0 spiro atoms. The Morgan fingerprint density at radius 1 is 1.50 bits per heavy atom. The summed E-state index contributed by atoms with van der Waals surface area (Å²) in [5, 5.41) is 4.97. The fraction of sp³-hybridized carbons (Fsp3) is 0.429. The Labute approximate surface area is 128 Å². The van der Waals surface area contributed by atoms with Gasteiger partial charge in [-0.3, -0.25) is 0 Å². The molecule has 0 aliphatic heterocycles. The Bertz CT molecular complexity index is 552. The van der Waals surface area contributed by atoms with Gasteiger partial charge in [0, 0.05) is 20.7 Å². The van der Waals surface area contributed by atoms with E-state index < -0.39 is 0 Å². The van der Waals surface area contributed by atoms with Gasteiger partial charge >= 0.3 is 0 Å². The molecule has 4 nitrogen and oxygen atoms in total. The molecule has 1 atom stereocenters. The first-order chi connectivity index (χ1) is 9.63. The van der Waals surface area contributed by atoms with Crippen LogP contribution in [0.25, 0.3) is 10.2 Å². The van der Waals surface area contributed by atoms with E-state index >= 15 is 0 Å². The Hall–Kier alpha value is -1.24. The van der Waals surface area contributed by atoms with Crippen molar-refractivity contribution in [3.63, 3.8) is 0 Å². The second-order valence-corrected chi connectivity index (χ2v) is 5.98. The van der Waals surface area contributed by atoms with Gasteiger partial charge < -0.3 is 15.0 Å². The lowest BCUT2D eigenvalue weighted by atomic mass is 10.3. The molecule has 6 heteroatoms. The van der Waals surface area contributed by atoms with Crippen LogP contribution in [-0.2, 0) is 4.74 Å². The van der Waals surface area contributed by atoms with Crippen LogP contribution in [0.15, 0.2) is 24.3 Å². The van der Waals surface area contributed by atoms with Crippen molar-refractivity contribution in [1.82, 2.24) is 15.2 Å². The van der Waals surface area contributed by atoms with Gasteiger partial charge in [-0.2, -0.15) is 0 Å². The van der Waals surface area contributed by atoms with Crippen LogP contribution in [0.5, 0.6) is 0 Å². The van der Waals surface area contributed by atoms with E-state index in [2.05, 4.69) is 23.3 Å². The average Bonchev–Trinajstić information content (AvgIpc) is 2.89. The summed E-state index contributed by atoms with van der Waals surface area (Å²) in [7, 11) is 3.66. The number of aromatic nitrogens is 1. The number of nitrogens with one attached hydrogen (secondary N) is 1. The minimum atomic E-state index is 0.148. The van der Waals surface area contributed by atoms with Crippen molar-refractivity contribution < 1.29 is 4.74 Å². The zero-order valence-electron chi connectivity index (χ0n) is 11.9. The summed E-state index contributed by atoms with van der Waals surface area (Å²) in [6.07, 6.45) is 0. The highest BCUT2D eigenvalue weighted by Gasteiger charge is 2.18. The Morgan fingerprint density at radius 3 is 2.95 bits per heavy atom. The summed E-state index contributed by atoms with van der Waals surface area (Å²) < 4.78 is 6.22. The zero-order valence-corrected chi connectivity index (χ0v) is 13.6. The van der Waals surface area contributed by atoms with Gasteiger partial charge in [-0.25, -0.2) is 4.98 Å². The third kappa shape index (κ3) is 3.45. The standard InChI is InChI=1S/C14H19N3OS2/c1-10(17(2)14(19)15-8-9-18-3)13-16-11-6-4-5-7-12(11)20-13/h4-7,10H,8-9H2,1-3H3,(H,15,19)/t10-/m0/s1. The molecular weight excluding hydrogens is 290 g/mol. The Balaban J connectivity index is 2.05. The largest absolute Gasteiger partial charge is 0.383 e. The molecule has 0 aliphatic rings. The third-order valence-electron chi connectivity index (χ3n) is 3.15. The number of rotatable bonds is 5. The van der Waals surface area contributed by atoms with Crippen LogP contribution in [0.2, 0.25) is 0 Å². The molecule has 1 N–H and O–H groups in total. The van der Waals surface area contributed by atoms with Crippen LogP contribution in [0, 0.1) is 0 Å². The lowest BCUT2D eigenvalue weighted by Crippen LogP contribution is -2.39. The van der Waals surface area contributed by atoms with Crippen LogP contribution < -0.4 is 5.32 Å². The first kappa shape index (κ1) is 15.2. The van der Waals surface area contributed by atoms with Gasteiger partial charge in [0.1, 0.15) is 5.01 Å². The predicted molar refractivity (Wildman–Crippen MR) is 88.3 cm³/mol. The maximum absolute atomic E-state index is 5.38. The molecule has 0 unspecified atom stereocenters. The molecule has 1 aromatic heterocycles. The minimum absolute atomic E-state index is 0.148. The summed E-state index contributed by atoms with van der Waals surface area (Å²) in [6, 6.07) is 8.33. The summed E-state index contributed by atoms with van der Waals surface area (Å²) in [4.78, 5) is 6.71. The van der Waals surface area contributed by atoms with E-state index in [1.54, 1.807) is 18.4 Å². The lowest BCUT2D eigenvalue weighted by molar-refractivity contribution is 0.202. The predicted octanol–water partition coefficient (Wildman–Crippen LogP) is 2.81. The van der Waals surface area contributed by atoms with E-state index in [4.69, 9.17) is 17.0 Å². The summed E-state index contributed by atoms with van der Waals surface area (Å²) in [6.45, 7) is 3.47. The zero-order chi connectivity index (χ0) is 14.5. The number of hydrogen-bond donors (Lipinski definition) is 1. The van der Waals surface area contributed by atoms with Crippen molar-refractivity contribution in [3.05, 3.63) is 29.3 Å². The van der Waals surface area contributed by atoms with Crippen molar-refractivity contribution in [2.45, 2.75) is 13.0 Å². The first-order valence-electron chi connectivity index (χ1n) is 6.48. The van der Waals surface area contributed by atoms with E-state index in [0.717, 1.165) is 10.5 Å². The van der Waals surface area contributed by atoms with E-state index in [9.17, 15) is 0 Å². The van der Waals surface area contributed by atoms with Gasteiger partial charge in [0.2, 0.25) is 0 Å². The molecule has 108 valence electrons. The maximum atomic E-state index is 5.38. The number of methoxy groups -OCH3 is 1. The van der Waals surface area contributed by atoms with Crippen LogP contribution in [-0.4, -0.2) is 42.3 Å². The molecule has 1 heterocycles. The number of thiocarbonyl (C=S) groups is 1. The van der Waals surface area contributed by atoms with E-state index in [-0.39, 0.29) is 6.04 Å². The molecule has 1 aromatic carbocycles. The molecule has 2 aromatic rings. The molecule has 20 heavy (non-hydrogen) atoms. The number of ether oxygens (including phenoxy) is 1. The summed E-state index contributed by atoms with van der Waals surface area (Å²) in [5.41, 5.74) is 1.05. The van der Waals surface area contributed by atoms with Crippen molar-refractivity contribution >= 4 is 38.9 Å². The number of thiazole rings is 1. The Kier molecular flexibility index (Phi) is 5.28. The maximum Gasteiger partial charge on any atom is 0.169 e. The highest BCUT2D eigenvalue weighted by atomic mass is 32.1.